The average Bonchev–Trinajstić information content (AvgIpc) is 3.39. The lowest BCUT2D eigenvalue weighted by Gasteiger charge is -2.39. The number of rotatable bonds is 5. The van der Waals surface area contributed by atoms with Crippen molar-refractivity contribution in [2.24, 2.45) is 0 Å². The highest BCUT2D eigenvalue weighted by atomic mass is 19.4. The van der Waals surface area contributed by atoms with Gasteiger partial charge in [-0.1, -0.05) is 18.2 Å². The van der Waals surface area contributed by atoms with Crippen molar-refractivity contribution in [2.45, 2.75) is 43.9 Å². The lowest BCUT2D eigenvalue weighted by molar-refractivity contribution is -0.192. The zero-order valence-electron chi connectivity index (χ0n) is 22.8. The lowest BCUT2D eigenvalue weighted by atomic mass is 9.90. The van der Waals surface area contributed by atoms with Crippen molar-refractivity contribution < 1.29 is 27.8 Å². The molecule has 2 fully saturated rings. The summed E-state index contributed by atoms with van der Waals surface area (Å²) in [5, 5.41) is 16.5. The van der Waals surface area contributed by atoms with Crippen LogP contribution in [0.25, 0.3) is 22.3 Å². The van der Waals surface area contributed by atoms with Crippen molar-refractivity contribution in [1.29, 1.82) is 0 Å². The van der Waals surface area contributed by atoms with Crippen LogP contribution in [-0.4, -0.2) is 74.1 Å². The van der Waals surface area contributed by atoms with Gasteiger partial charge >= 0.3 is 12.1 Å². The summed E-state index contributed by atoms with van der Waals surface area (Å²) in [6.07, 6.45) is 1.03. The molecule has 2 aliphatic rings. The van der Waals surface area contributed by atoms with E-state index in [2.05, 4.69) is 24.9 Å². The van der Waals surface area contributed by atoms with Crippen molar-refractivity contribution in [3.8, 4) is 22.8 Å². The third-order valence-corrected chi connectivity index (χ3v) is 7.55. The van der Waals surface area contributed by atoms with Crippen LogP contribution >= 0.6 is 0 Å². The first-order chi connectivity index (χ1) is 20.2. The minimum atomic E-state index is -5.08. The molecule has 4 aromatic rings. The number of carbonyl (C=O) groups is 1. The Morgan fingerprint density at radius 1 is 0.929 bits per heavy atom. The molecule has 0 spiro atoms. The number of aliphatic carboxylic acids is 1. The van der Waals surface area contributed by atoms with Gasteiger partial charge in [-0.2, -0.15) is 18.3 Å². The van der Waals surface area contributed by atoms with E-state index in [1.807, 2.05) is 54.6 Å². The number of piperazine rings is 1. The average molecular weight is 584 g/mol. The standard InChI is InChI=1S/C27H31N7O.C2HF3O2/c28-26-24-25(19-6-12-23(13-7-19)35-22-4-2-1-3-5-22)32-34(27(24)31-18-30-26)21-10-8-20(9-11-21)33-16-14-29-15-17-33;3-2(4,5)1(6)7/h1-7,12-13,18,20-21,29H,8-11,14-17H2,(H2,28,30,31);(H,6,7). The minimum absolute atomic E-state index is 0.320. The van der Waals surface area contributed by atoms with Gasteiger partial charge in [0.05, 0.1) is 11.4 Å². The van der Waals surface area contributed by atoms with E-state index in [0.717, 1.165) is 72.8 Å². The molecular formula is C29H32F3N7O3. The third-order valence-electron chi connectivity index (χ3n) is 7.55. The molecule has 1 saturated carbocycles. The number of aromatic nitrogens is 4. The molecular weight excluding hydrogens is 551 g/mol. The topological polar surface area (TPSA) is 131 Å². The summed E-state index contributed by atoms with van der Waals surface area (Å²) in [5.74, 6) is -0.703. The normalized spacial score (nSPS) is 19.6. The van der Waals surface area contributed by atoms with Gasteiger partial charge in [0.25, 0.3) is 0 Å². The number of carboxylic acids is 1. The van der Waals surface area contributed by atoms with E-state index in [4.69, 9.17) is 25.5 Å². The van der Waals surface area contributed by atoms with Crippen LogP contribution in [0.5, 0.6) is 11.5 Å². The highest BCUT2D eigenvalue weighted by Gasteiger charge is 2.38. The number of ether oxygens (including phenoxy) is 1. The second-order valence-electron chi connectivity index (χ2n) is 10.2. The third kappa shape index (κ3) is 6.80. The lowest BCUT2D eigenvalue weighted by Crippen LogP contribution is -2.49. The molecule has 1 saturated heterocycles. The van der Waals surface area contributed by atoms with Crippen molar-refractivity contribution >= 4 is 22.8 Å². The number of nitrogens with two attached hydrogens (primary N) is 1. The SMILES string of the molecule is Nc1ncnc2c1c(-c1ccc(Oc3ccccc3)cc1)nn2C1CCC(N2CCNCC2)CC1.O=C(O)C(F)(F)F. The van der Waals surface area contributed by atoms with E-state index < -0.39 is 12.1 Å². The van der Waals surface area contributed by atoms with Gasteiger partial charge in [0.15, 0.2) is 5.65 Å². The predicted molar refractivity (Wildman–Crippen MR) is 151 cm³/mol. The molecule has 1 aliphatic carbocycles. The van der Waals surface area contributed by atoms with Crippen LogP contribution in [0.15, 0.2) is 60.9 Å². The van der Waals surface area contributed by atoms with Crippen LogP contribution < -0.4 is 15.8 Å². The fraction of sp³-hybridized carbons (Fsp3) is 0.379. The van der Waals surface area contributed by atoms with Crippen molar-refractivity contribution in [3.63, 3.8) is 0 Å². The van der Waals surface area contributed by atoms with E-state index in [1.165, 1.54) is 12.8 Å². The smallest absolute Gasteiger partial charge is 0.475 e. The van der Waals surface area contributed by atoms with Crippen LogP contribution in [0.1, 0.15) is 31.7 Å². The first kappa shape index (κ1) is 29.3. The van der Waals surface area contributed by atoms with Gasteiger partial charge < -0.3 is 20.9 Å². The van der Waals surface area contributed by atoms with E-state index in [9.17, 15) is 13.2 Å². The zero-order valence-corrected chi connectivity index (χ0v) is 22.8. The number of nitrogens with one attached hydrogen (secondary N) is 1. The Kier molecular flexibility index (Phi) is 8.88. The van der Waals surface area contributed by atoms with Gasteiger partial charge in [-0.15, -0.1) is 0 Å². The second-order valence-corrected chi connectivity index (χ2v) is 10.2. The fourth-order valence-corrected chi connectivity index (χ4v) is 5.47. The Hall–Kier alpha value is -4.23. The van der Waals surface area contributed by atoms with Crippen LogP contribution in [-0.2, 0) is 4.79 Å². The summed E-state index contributed by atoms with van der Waals surface area (Å²) in [5.41, 5.74) is 8.97. The molecule has 0 unspecified atom stereocenters. The summed E-state index contributed by atoms with van der Waals surface area (Å²) in [4.78, 5) is 20.4. The van der Waals surface area contributed by atoms with Crippen LogP contribution in [0.4, 0.5) is 19.0 Å². The largest absolute Gasteiger partial charge is 0.490 e. The van der Waals surface area contributed by atoms with E-state index in [0.29, 0.717) is 17.9 Å². The highest BCUT2D eigenvalue weighted by Crippen LogP contribution is 2.37. The maximum atomic E-state index is 10.6. The molecule has 2 aromatic heterocycles. The maximum absolute atomic E-state index is 10.6. The number of fused-ring (bicyclic) bond motifs is 1. The Morgan fingerprint density at radius 2 is 1.52 bits per heavy atom. The Morgan fingerprint density at radius 3 is 2.14 bits per heavy atom. The molecule has 10 nitrogen and oxygen atoms in total. The first-order valence-corrected chi connectivity index (χ1v) is 13.8. The van der Waals surface area contributed by atoms with Crippen molar-refractivity contribution in [1.82, 2.24) is 30.0 Å². The Bertz CT molecular complexity index is 1480. The first-order valence-electron chi connectivity index (χ1n) is 13.8. The number of halogens is 3. The number of carboxylic acid groups (broad SMARTS) is 1. The van der Waals surface area contributed by atoms with E-state index in [1.54, 1.807) is 6.33 Å². The van der Waals surface area contributed by atoms with E-state index in [-0.39, 0.29) is 0 Å². The van der Waals surface area contributed by atoms with Crippen LogP contribution in [0.2, 0.25) is 0 Å². The fourth-order valence-electron chi connectivity index (χ4n) is 5.47. The molecule has 13 heteroatoms. The van der Waals surface area contributed by atoms with Gasteiger partial charge in [-0.05, 0) is 62.1 Å². The molecule has 2 aromatic carbocycles. The van der Waals surface area contributed by atoms with Gasteiger partial charge in [0.2, 0.25) is 0 Å². The van der Waals surface area contributed by atoms with Gasteiger partial charge in [0.1, 0.15) is 29.3 Å². The molecule has 3 heterocycles. The molecule has 0 atom stereocenters. The number of alkyl halides is 3. The van der Waals surface area contributed by atoms with Crippen LogP contribution in [0.3, 0.4) is 0 Å². The predicted octanol–water partition coefficient (Wildman–Crippen LogP) is 4.89. The van der Waals surface area contributed by atoms with Crippen molar-refractivity contribution in [2.75, 3.05) is 31.9 Å². The molecule has 0 bridgehead atoms. The zero-order chi connectivity index (χ0) is 29.7. The maximum Gasteiger partial charge on any atom is 0.490 e. The second kappa shape index (κ2) is 12.7. The summed E-state index contributed by atoms with van der Waals surface area (Å²) in [7, 11) is 0. The minimum Gasteiger partial charge on any atom is -0.475 e. The monoisotopic (exact) mass is 583 g/mol. The van der Waals surface area contributed by atoms with Gasteiger partial charge in [-0.3, -0.25) is 4.90 Å². The number of nitrogens with zero attached hydrogens (tertiary/aromatic N) is 5. The number of nitrogen functional groups attached to an aromatic ring is 1. The summed E-state index contributed by atoms with van der Waals surface area (Å²) < 4.78 is 39.8. The van der Waals surface area contributed by atoms with Crippen molar-refractivity contribution in [3.05, 3.63) is 60.9 Å². The molecule has 0 radical (unpaired) electrons. The van der Waals surface area contributed by atoms with Crippen LogP contribution in [0, 0.1) is 0 Å². The van der Waals surface area contributed by atoms with Gasteiger partial charge in [-0.25, -0.2) is 19.4 Å². The number of anilines is 1. The summed E-state index contributed by atoms with van der Waals surface area (Å²) in [6.45, 7) is 4.49. The molecule has 222 valence electrons. The number of hydrogen-bond acceptors (Lipinski definition) is 8. The molecule has 0 amide bonds. The summed E-state index contributed by atoms with van der Waals surface area (Å²) in [6, 6.07) is 18.8. The number of hydrogen-bond donors (Lipinski definition) is 3. The molecule has 6 rings (SSSR count). The molecule has 42 heavy (non-hydrogen) atoms. The quantitative estimate of drug-likeness (QED) is 0.301. The van der Waals surface area contributed by atoms with E-state index >= 15 is 0 Å². The Labute approximate surface area is 240 Å². The van der Waals surface area contributed by atoms with Gasteiger partial charge in [0, 0.05) is 37.8 Å². The highest BCUT2D eigenvalue weighted by molar-refractivity contribution is 5.98. The molecule has 4 N–H and O–H groups in total. The summed E-state index contributed by atoms with van der Waals surface area (Å²) >= 11 is 0. The number of benzene rings is 2. The number of para-hydroxylation sites is 1. The Balaban J connectivity index is 0.000000451. The molecule has 1 aliphatic heterocycles.